The molecule has 0 aromatic heterocycles. The molecule has 114 valence electrons. The van der Waals surface area contributed by atoms with E-state index in [0.717, 1.165) is 11.1 Å². The molecule has 2 aromatic carbocycles. The first-order valence-electron chi connectivity index (χ1n) is 7.69. The normalized spacial score (nSPS) is 14.9. The molecule has 2 aromatic rings. The third-order valence-corrected chi connectivity index (χ3v) is 4.42. The molecular formula is C20H22O2. The van der Waals surface area contributed by atoms with E-state index in [2.05, 4.69) is 0 Å². The Kier molecular flexibility index (Phi) is 4.92. The summed E-state index contributed by atoms with van der Waals surface area (Å²) in [6.07, 6.45) is 0.346. The molecule has 0 amide bonds. The summed E-state index contributed by atoms with van der Waals surface area (Å²) >= 11 is 0. The number of rotatable bonds is 6. The molecule has 2 atom stereocenters. The van der Waals surface area contributed by atoms with Crippen molar-refractivity contribution >= 4 is 11.6 Å². The molecule has 2 heteroatoms. The van der Waals surface area contributed by atoms with E-state index in [-0.39, 0.29) is 17.5 Å². The van der Waals surface area contributed by atoms with Crippen molar-refractivity contribution < 1.29 is 9.59 Å². The fourth-order valence-electron chi connectivity index (χ4n) is 2.89. The maximum atomic E-state index is 13.1. The quantitative estimate of drug-likeness (QED) is 0.744. The zero-order chi connectivity index (χ0) is 16.2. The van der Waals surface area contributed by atoms with E-state index >= 15 is 0 Å². The number of hydrogen-bond acceptors (Lipinski definition) is 2. The largest absolute Gasteiger partial charge is 0.298 e. The number of carbonyl (C=O) groups excluding carboxylic acids is 2. The van der Waals surface area contributed by atoms with Gasteiger partial charge in [-0.1, -0.05) is 74.5 Å². The molecule has 0 spiro atoms. The molecule has 0 aliphatic carbocycles. The fourth-order valence-corrected chi connectivity index (χ4v) is 2.89. The van der Waals surface area contributed by atoms with Crippen LogP contribution in [0, 0.1) is 0 Å². The zero-order valence-corrected chi connectivity index (χ0v) is 13.4. The van der Waals surface area contributed by atoms with Gasteiger partial charge >= 0.3 is 0 Å². The van der Waals surface area contributed by atoms with Crippen LogP contribution in [0.15, 0.2) is 60.7 Å². The smallest absolute Gasteiger partial charge is 0.157 e. The van der Waals surface area contributed by atoms with Gasteiger partial charge in [0.15, 0.2) is 5.78 Å². The fraction of sp³-hybridized carbons (Fsp3) is 0.300. The molecular weight excluding hydrogens is 272 g/mol. The van der Waals surface area contributed by atoms with Gasteiger partial charge < -0.3 is 0 Å². The van der Waals surface area contributed by atoms with Gasteiger partial charge in [0.25, 0.3) is 0 Å². The van der Waals surface area contributed by atoms with Crippen LogP contribution in [-0.2, 0) is 15.0 Å². The summed E-state index contributed by atoms with van der Waals surface area (Å²) < 4.78 is 0. The molecule has 0 saturated carbocycles. The Morgan fingerprint density at radius 3 is 1.95 bits per heavy atom. The number of benzene rings is 2. The van der Waals surface area contributed by atoms with E-state index in [1.807, 2.05) is 74.5 Å². The summed E-state index contributed by atoms with van der Waals surface area (Å²) in [5.74, 6) is -0.398. The Bertz CT molecular complexity index is 646. The summed E-state index contributed by atoms with van der Waals surface area (Å²) in [4.78, 5) is 25.7. The Hall–Kier alpha value is -2.22. The highest BCUT2D eigenvalue weighted by Crippen LogP contribution is 2.33. The number of ketones is 2. The van der Waals surface area contributed by atoms with Crippen LogP contribution in [0.4, 0.5) is 0 Å². The molecule has 0 fully saturated rings. The molecule has 0 aliphatic rings. The predicted octanol–water partition coefficient (Wildman–Crippen LogP) is 4.30. The van der Waals surface area contributed by atoms with Crippen molar-refractivity contribution in [2.75, 3.05) is 0 Å². The third-order valence-electron chi connectivity index (χ3n) is 4.42. The maximum Gasteiger partial charge on any atom is 0.157 e. The molecule has 0 bridgehead atoms. The van der Waals surface area contributed by atoms with Crippen molar-refractivity contribution in [2.24, 2.45) is 0 Å². The number of carbonyl (C=O) groups is 2. The molecule has 2 unspecified atom stereocenters. The molecule has 0 heterocycles. The molecule has 2 rings (SSSR count). The Morgan fingerprint density at radius 2 is 1.45 bits per heavy atom. The lowest BCUT2D eigenvalue weighted by atomic mass is 9.69. The lowest BCUT2D eigenvalue weighted by Crippen LogP contribution is -2.43. The third kappa shape index (κ3) is 2.87. The minimum absolute atomic E-state index is 0.0357. The summed E-state index contributed by atoms with van der Waals surface area (Å²) in [7, 11) is 0. The van der Waals surface area contributed by atoms with Crippen LogP contribution in [0.1, 0.15) is 44.2 Å². The van der Waals surface area contributed by atoms with Gasteiger partial charge in [-0.25, -0.2) is 0 Å². The summed E-state index contributed by atoms with van der Waals surface area (Å²) in [5.41, 5.74) is 0.624. The van der Waals surface area contributed by atoms with Crippen molar-refractivity contribution in [2.45, 2.75) is 38.5 Å². The van der Waals surface area contributed by atoms with Crippen LogP contribution in [0.5, 0.6) is 0 Å². The second kappa shape index (κ2) is 6.69. The average molecular weight is 294 g/mol. The van der Waals surface area contributed by atoms with Gasteiger partial charge in [-0.15, -0.1) is 0 Å². The van der Waals surface area contributed by atoms with Crippen LogP contribution >= 0.6 is 0 Å². The van der Waals surface area contributed by atoms with Crippen molar-refractivity contribution in [1.82, 2.24) is 0 Å². The van der Waals surface area contributed by atoms with Gasteiger partial charge in [-0.3, -0.25) is 9.59 Å². The molecule has 0 saturated heterocycles. The summed E-state index contributed by atoms with van der Waals surface area (Å²) in [6.45, 7) is 5.45. The van der Waals surface area contributed by atoms with Gasteiger partial charge in [-0.2, -0.15) is 0 Å². The van der Waals surface area contributed by atoms with Crippen LogP contribution in [-0.4, -0.2) is 11.6 Å². The average Bonchev–Trinajstić information content (AvgIpc) is 2.60. The second-order valence-electron chi connectivity index (χ2n) is 5.76. The highest BCUT2D eigenvalue weighted by atomic mass is 16.2. The Morgan fingerprint density at radius 1 is 0.955 bits per heavy atom. The summed E-state index contributed by atoms with van der Waals surface area (Å²) in [6, 6.07) is 19.0. The first kappa shape index (κ1) is 16.2. The first-order valence-corrected chi connectivity index (χ1v) is 7.69. The molecule has 22 heavy (non-hydrogen) atoms. The van der Waals surface area contributed by atoms with Crippen LogP contribution in [0.3, 0.4) is 0 Å². The molecule has 0 N–H and O–H groups in total. The van der Waals surface area contributed by atoms with Crippen LogP contribution < -0.4 is 0 Å². The topological polar surface area (TPSA) is 34.1 Å². The Labute approximate surface area is 132 Å². The van der Waals surface area contributed by atoms with Gasteiger partial charge in [-0.05, 0) is 18.1 Å². The molecule has 0 aliphatic heterocycles. The standard InChI is InChI=1S/C20H22O2/c1-4-18(21)20(3,17-13-9-6-10-14-17)19(22)15(2)16-11-7-5-8-12-16/h5-15H,4H2,1-3H3. The van der Waals surface area contributed by atoms with Gasteiger partial charge in [0.1, 0.15) is 11.2 Å². The number of Topliss-reactive ketones (excluding diaryl/α,β-unsaturated/α-hetero) is 2. The van der Waals surface area contributed by atoms with E-state index in [1.54, 1.807) is 6.92 Å². The highest BCUT2D eigenvalue weighted by Gasteiger charge is 2.43. The molecule has 0 radical (unpaired) electrons. The van der Waals surface area contributed by atoms with E-state index in [9.17, 15) is 9.59 Å². The Balaban J connectivity index is 2.46. The SMILES string of the molecule is CCC(=O)C(C)(C(=O)C(C)c1ccccc1)c1ccccc1. The van der Waals surface area contributed by atoms with E-state index in [1.165, 1.54) is 0 Å². The molecule has 2 nitrogen and oxygen atoms in total. The van der Waals surface area contributed by atoms with E-state index in [0.29, 0.717) is 6.42 Å². The van der Waals surface area contributed by atoms with Crippen molar-refractivity contribution in [3.05, 3.63) is 71.8 Å². The second-order valence-corrected chi connectivity index (χ2v) is 5.76. The summed E-state index contributed by atoms with van der Waals surface area (Å²) in [5, 5.41) is 0. The minimum atomic E-state index is -1.09. The number of hydrogen-bond donors (Lipinski definition) is 0. The lowest BCUT2D eigenvalue weighted by molar-refractivity contribution is -0.135. The first-order chi connectivity index (χ1) is 10.5. The van der Waals surface area contributed by atoms with Crippen molar-refractivity contribution in [1.29, 1.82) is 0 Å². The maximum absolute atomic E-state index is 13.1. The van der Waals surface area contributed by atoms with E-state index < -0.39 is 5.41 Å². The van der Waals surface area contributed by atoms with Gasteiger partial charge in [0.2, 0.25) is 0 Å². The monoisotopic (exact) mass is 294 g/mol. The lowest BCUT2D eigenvalue weighted by Gasteiger charge is -2.30. The highest BCUT2D eigenvalue weighted by molar-refractivity contribution is 6.14. The van der Waals surface area contributed by atoms with Gasteiger partial charge in [0.05, 0.1) is 0 Å². The van der Waals surface area contributed by atoms with Gasteiger partial charge in [0, 0.05) is 12.3 Å². The van der Waals surface area contributed by atoms with Crippen molar-refractivity contribution in [3.8, 4) is 0 Å². The predicted molar refractivity (Wildman–Crippen MR) is 89.0 cm³/mol. The van der Waals surface area contributed by atoms with Crippen molar-refractivity contribution in [3.63, 3.8) is 0 Å². The minimum Gasteiger partial charge on any atom is -0.298 e. The van der Waals surface area contributed by atoms with Crippen LogP contribution in [0.2, 0.25) is 0 Å². The van der Waals surface area contributed by atoms with E-state index in [4.69, 9.17) is 0 Å². The van der Waals surface area contributed by atoms with Crippen LogP contribution in [0.25, 0.3) is 0 Å². The zero-order valence-electron chi connectivity index (χ0n) is 13.4.